The molecule has 40 heavy (non-hydrogen) atoms. The van der Waals surface area contributed by atoms with Crippen LogP contribution in [0.3, 0.4) is 0 Å². The second-order valence-corrected chi connectivity index (χ2v) is 10.7. The zero-order chi connectivity index (χ0) is 29.2. The van der Waals surface area contributed by atoms with Crippen molar-refractivity contribution < 1.29 is 19.1 Å². The Labute approximate surface area is 239 Å². The van der Waals surface area contributed by atoms with Crippen LogP contribution in [0.25, 0.3) is 11.2 Å². The lowest BCUT2D eigenvalue weighted by Gasteiger charge is -2.20. The third-order valence-electron chi connectivity index (χ3n) is 7.25. The second kappa shape index (κ2) is 19.1. The van der Waals surface area contributed by atoms with Crippen LogP contribution in [-0.2, 0) is 25.6 Å². The molecule has 4 N–H and O–H groups in total. The highest BCUT2D eigenvalue weighted by atomic mass is 16.5. The molecule has 0 saturated heterocycles. The lowest BCUT2D eigenvalue weighted by molar-refractivity contribution is -0.149. The highest BCUT2D eigenvalue weighted by Crippen LogP contribution is 2.16. The Bertz CT molecular complexity index is 1040. The fraction of sp³-hybridized carbons (Fsp3) is 0.700. The average Bonchev–Trinajstić information content (AvgIpc) is 3.34. The maximum absolute atomic E-state index is 12.5. The van der Waals surface area contributed by atoms with Crippen LogP contribution in [0.4, 0.5) is 5.95 Å². The summed E-state index contributed by atoms with van der Waals surface area (Å²) in [6, 6.07) is -0.652. The van der Waals surface area contributed by atoms with E-state index in [0.717, 1.165) is 32.1 Å². The number of esters is 2. The van der Waals surface area contributed by atoms with Crippen molar-refractivity contribution in [1.82, 2.24) is 19.5 Å². The van der Waals surface area contributed by atoms with E-state index in [1.807, 2.05) is 18.4 Å². The summed E-state index contributed by atoms with van der Waals surface area (Å²) in [6.45, 7) is 6.99. The predicted molar refractivity (Wildman–Crippen MR) is 158 cm³/mol. The Balaban J connectivity index is 1.79. The molecule has 0 bridgehead atoms. The highest BCUT2D eigenvalue weighted by molar-refractivity contribution is 5.75. The van der Waals surface area contributed by atoms with Gasteiger partial charge in [0.15, 0.2) is 5.65 Å². The van der Waals surface area contributed by atoms with Crippen LogP contribution in [0, 0.1) is 11.8 Å². The molecule has 0 aliphatic heterocycles. The van der Waals surface area contributed by atoms with Crippen LogP contribution < -0.4 is 11.5 Å². The number of allylic oxidation sites excluding steroid dienone is 2. The van der Waals surface area contributed by atoms with E-state index in [1.165, 1.54) is 32.1 Å². The number of nitrogen functional groups attached to an aromatic ring is 1. The van der Waals surface area contributed by atoms with Crippen LogP contribution >= 0.6 is 0 Å². The molecule has 10 heteroatoms. The molecule has 0 saturated carbocycles. The maximum atomic E-state index is 12.5. The Morgan fingerprint density at radius 1 is 1.02 bits per heavy atom. The molecule has 0 aliphatic carbocycles. The van der Waals surface area contributed by atoms with Crippen LogP contribution in [0.2, 0.25) is 0 Å². The van der Waals surface area contributed by atoms with Gasteiger partial charge in [-0.1, -0.05) is 71.4 Å². The third-order valence-corrected chi connectivity index (χ3v) is 7.25. The number of ether oxygens (including phenoxy) is 2. The molecule has 0 radical (unpaired) electrons. The lowest BCUT2D eigenvalue weighted by atomic mass is 10.0. The van der Waals surface area contributed by atoms with E-state index in [9.17, 15) is 9.59 Å². The van der Waals surface area contributed by atoms with Gasteiger partial charge in [-0.05, 0) is 38.0 Å². The first kappa shape index (κ1) is 33.2. The van der Waals surface area contributed by atoms with E-state index >= 15 is 0 Å². The van der Waals surface area contributed by atoms with Crippen molar-refractivity contribution in [2.45, 2.75) is 110 Å². The molecular weight excluding hydrogens is 508 g/mol. The number of carbonyl (C=O) groups excluding carboxylic acids is 2. The second-order valence-electron chi connectivity index (χ2n) is 10.7. The number of nitrogens with two attached hydrogens (primary N) is 2. The van der Waals surface area contributed by atoms with E-state index in [1.54, 1.807) is 12.5 Å². The summed E-state index contributed by atoms with van der Waals surface area (Å²) in [5.41, 5.74) is 13.0. The maximum Gasteiger partial charge on any atom is 0.323 e. The van der Waals surface area contributed by atoms with Gasteiger partial charge in [-0.3, -0.25) is 9.59 Å². The van der Waals surface area contributed by atoms with E-state index in [0.29, 0.717) is 30.6 Å². The number of nitrogens with zero attached hydrogens (tertiary/aromatic N) is 4. The Morgan fingerprint density at radius 3 is 2.50 bits per heavy atom. The molecule has 0 aromatic carbocycles. The molecule has 0 amide bonds. The molecule has 2 heterocycles. The largest absolute Gasteiger partial charge is 0.465 e. The number of rotatable bonds is 21. The van der Waals surface area contributed by atoms with Crippen molar-refractivity contribution in [2.75, 3.05) is 18.9 Å². The normalized spacial score (nSPS) is 13.9. The van der Waals surface area contributed by atoms with Gasteiger partial charge in [0.1, 0.15) is 11.6 Å². The van der Waals surface area contributed by atoms with Crippen LogP contribution in [0.5, 0.6) is 0 Å². The number of hydrogen-bond donors (Lipinski definition) is 2. The predicted octanol–water partition coefficient (Wildman–Crippen LogP) is 5.35. The Morgan fingerprint density at radius 2 is 1.75 bits per heavy atom. The SMILES string of the molecule is CCCC/C=C/CCCCCCCC(=O)OC[C@H](CCOC(=O)[C@@H](N)C(C)CC)Cn1cnc2cnc(N)nc21. The fourth-order valence-electron chi connectivity index (χ4n) is 4.32. The summed E-state index contributed by atoms with van der Waals surface area (Å²) in [5, 5.41) is 0. The van der Waals surface area contributed by atoms with Crippen molar-refractivity contribution in [3.05, 3.63) is 24.7 Å². The van der Waals surface area contributed by atoms with Gasteiger partial charge in [-0.15, -0.1) is 0 Å². The Kier molecular flexibility index (Phi) is 15.9. The first-order valence-corrected chi connectivity index (χ1v) is 15.0. The minimum atomic E-state index is -0.652. The third kappa shape index (κ3) is 12.4. The van der Waals surface area contributed by atoms with Gasteiger partial charge in [-0.25, -0.2) is 9.97 Å². The first-order chi connectivity index (χ1) is 19.3. The fourth-order valence-corrected chi connectivity index (χ4v) is 4.32. The minimum Gasteiger partial charge on any atom is -0.465 e. The average molecular weight is 559 g/mol. The van der Waals surface area contributed by atoms with Crippen molar-refractivity contribution >= 4 is 29.1 Å². The lowest BCUT2D eigenvalue weighted by Crippen LogP contribution is -2.38. The van der Waals surface area contributed by atoms with Crippen LogP contribution in [0.1, 0.15) is 97.8 Å². The van der Waals surface area contributed by atoms with Gasteiger partial charge in [0, 0.05) is 18.9 Å². The summed E-state index contributed by atoms with van der Waals surface area (Å²) >= 11 is 0. The Hall–Kier alpha value is -3.01. The summed E-state index contributed by atoms with van der Waals surface area (Å²) in [6.07, 6.45) is 19.7. The first-order valence-electron chi connectivity index (χ1n) is 15.0. The number of anilines is 1. The summed E-state index contributed by atoms with van der Waals surface area (Å²) in [5.74, 6) is -0.531. The van der Waals surface area contributed by atoms with Gasteiger partial charge in [-0.2, -0.15) is 4.98 Å². The van der Waals surface area contributed by atoms with E-state index in [2.05, 4.69) is 34.0 Å². The number of aromatic nitrogens is 4. The quantitative estimate of drug-likeness (QED) is 0.117. The number of fused-ring (bicyclic) bond motifs is 1. The smallest absolute Gasteiger partial charge is 0.323 e. The van der Waals surface area contributed by atoms with Gasteiger partial charge >= 0.3 is 11.9 Å². The van der Waals surface area contributed by atoms with Crippen molar-refractivity contribution in [1.29, 1.82) is 0 Å². The van der Waals surface area contributed by atoms with E-state index < -0.39 is 12.0 Å². The van der Waals surface area contributed by atoms with Crippen molar-refractivity contribution in [3.8, 4) is 0 Å². The summed E-state index contributed by atoms with van der Waals surface area (Å²) < 4.78 is 13.0. The number of carbonyl (C=O) groups is 2. The molecule has 3 atom stereocenters. The molecule has 2 aromatic rings. The standard InChI is InChI=1S/C30H50N6O4/c1-4-6-7-8-9-10-11-12-13-14-15-16-26(37)40-21-24(17-18-39-29(38)27(31)23(3)5-2)20-36-22-34-25-19-33-30(32)35-28(25)36/h8-9,19,22-24,27H,4-7,10-18,20-21,31H2,1-3H3,(H2,32,33,35)/b9-8+/t23?,24-,27+/m1/s1. The number of hydrogen-bond acceptors (Lipinski definition) is 9. The molecule has 0 spiro atoms. The van der Waals surface area contributed by atoms with Gasteiger partial charge in [0.25, 0.3) is 0 Å². The molecule has 0 fully saturated rings. The van der Waals surface area contributed by atoms with Crippen LogP contribution in [0.15, 0.2) is 24.7 Å². The highest BCUT2D eigenvalue weighted by Gasteiger charge is 2.22. The molecule has 2 aromatic heterocycles. The molecular formula is C30H50N6O4. The summed E-state index contributed by atoms with van der Waals surface area (Å²) in [4.78, 5) is 37.4. The van der Waals surface area contributed by atoms with Crippen molar-refractivity contribution in [3.63, 3.8) is 0 Å². The molecule has 224 valence electrons. The summed E-state index contributed by atoms with van der Waals surface area (Å²) in [7, 11) is 0. The monoisotopic (exact) mass is 558 g/mol. The minimum absolute atomic E-state index is 0.0408. The zero-order valence-corrected chi connectivity index (χ0v) is 24.7. The van der Waals surface area contributed by atoms with E-state index in [-0.39, 0.29) is 37.0 Å². The van der Waals surface area contributed by atoms with Gasteiger partial charge in [0.2, 0.25) is 5.95 Å². The molecule has 0 aliphatic rings. The van der Waals surface area contributed by atoms with Gasteiger partial charge < -0.3 is 25.5 Å². The molecule has 10 nitrogen and oxygen atoms in total. The van der Waals surface area contributed by atoms with Gasteiger partial charge in [0.05, 0.1) is 25.7 Å². The van der Waals surface area contributed by atoms with E-state index in [4.69, 9.17) is 20.9 Å². The van der Waals surface area contributed by atoms with Crippen molar-refractivity contribution in [2.24, 2.45) is 17.6 Å². The topological polar surface area (TPSA) is 148 Å². The zero-order valence-electron chi connectivity index (χ0n) is 24.7. The van der Waals surface area contributed by atoms with Crippen LogP contribution in [-0.4, -0.2) is 50.7 Å². The molecule has 2 rings (SSSR count). The number of unbranched alkanes of at least 4 members (excludes halogenated alkanes) is 7. The molecule has 1 unspecified atom stereocenters. The number of imidazole rings is 1.